The molecule has 1 aliphatic rings. The normalized spacial score (nSPS) is 28.8. The maximum absolute atomic E-state index is 10.9. The Morgan fingerprint density at radius 1 is 1.75 bits per heavy atom. The summed E-state index contributed by atoms with van der Waals surface area (Å²) in [6, 6.07) is 0. The number of carbonyl (C=O) groups is 2. The molecule has 0 amide bonds. The molecule has 1 fully saturated rings. The Morgan fingerprint density at radius 3 is 2.67 bits per heavy atom. The van der Waals surface area contributed by atoms with Crippen LogP contribution in [0.25, 0.3) is 0 Å². The molecular formula is C8H10O4. The molecule has 0 aliphatic carbocycles. The molecule has 1 heterocycles. The van der Waals surface area contributed by atoms with Crippen molar-refractivity contribution in [2.24, 2.45) is 5.92 Å². The highest BCUT2D eigenvalue weighted by atomic mass is 16.6. The smallest absolute Gasteiger partial charge is 0.334 e. The van der Waals surface area contributed by atoms with Crippen LogP contribution in [0.15, 0.2) is 12.2 Å². The Bertz CT molecular complexity index is 243. The summed E-state index contributed by atoms with van der Waals surface area (Å²) in [5.74, 6) is -2.49. The lowest BCUT2D eigenvalue weighted by molar-refractivity contribution is -0.144. The predicted molar refractivity (Wildman–Crippen MR) is 40.4 cm³/mol. The fraction of sp³-hybridized carbons (Fsp3) is 0.500. The summed E-state index contributed by atoms with van der Waals surface area (Å²) in [4.78, 5) is 21.5. The second-order valence-corrected chi connectivity index (χ2v) is 2.69. The molecule has 0 spiro atoms. The van der Waals surface area contributed by atoms with E-state index >= 15 is 0 Å². The van der Waals surface area contributed by atoms with Crippen molar-refractivity contribution in [3.63, 3.8) is 0 Å². The Balaban J connectivity index is 2.88. The average molecular weight is 170 g/mol. The highest BCUT2D eigenvalue weighted by molar-refractivity contribution is 5.97. The third-order valence-electron chi connectivity index (χ3n) is 1.94. The van der Waals surface area contributed by atoms with Crippen molar-refractivity contribution >= 4 is 11.9 Å². The van der Waals surface area contributed by atoms with Gasteiger partial charge in [-0.1, -0.05) is 13.5 Å². The number of carboxylic acid groups (broad SMARTS) is 1. The van der Waals surface area contributed by atoms with Gasteiger partial charge in [-0.3, -0.25) is 4.79 Å². The SMILES string of the molecule is C=C1C(=O)O[C@@H](CC)[C@@H]1C(=O)O. The van der Waals surface area contributed by atoms with E-state index in [-0.39, 0.29) is 5.57 Å². The fourth-order valence-electron chi connectivity index (χ4n) is 1.26. The van der Waals surface area contributed by atoms with Gasteiger partial charge >= 0.3 is 11.9 Å². The topological polar surface area (TPSA) is 63.6 Å². The minimum atomic E-state index is -1.04. The lowest BCUT2D eigenvalue weighted by Crippen LogP contribution is -2.23. The highest BCUT2D eigenvalue weighted by Crippen LogP contribution is 2.28. The standard InChI is InChI=1S/C8H10O4/c1-3-5-6(7(9)10)4(2)8(11)12-5/h5-6H,2-3H2,1H3,(H,9,10)/t5-,6+/m0/s1. The minimum absolute atomic E-state index is 0.0503. The number of carbonyl (C=O) groups excluding carboxylic acids is 1. The van der Waals surface area contributed by atoms with Crippen molar-refractivity contribution in [3.05, 3.63) is 12.2 Å². The van der Waals surface area contributed by atoms with Gasteiger partial charge in [0, 0.05) is 5.57 Å². The maximum Gasteiger partial charge on any atom is 0.334 e. The van der Waals surface area contributed by atoms with Crippen LogP contribution >= 0.6 is 0 Å². The summed E-state index contributed by atoms with van der Waals surface area (Å²) in [6.07, 6.45) is -0.0376. The number of carboxylic acids is 1. The molecule has 0 bridgehead atoms. The zero-order valence-electron chi connectivity index (χ0n) is 6.74. The molecule has 0 unspecified atom stereocenters. The van der Waals surface area contributed by atoms with Crippen LogP contribution in [-0.4, -0.2) is 23.1 Å². The van der Waals surface area contributed by atoms with E-state index in [0.29, 0.717) is 6.42 Å². The van der Waals surface area contributed by atoms with Gasteiger partial charge in [-0.15, -0.1) is 0 Å². The molecule has 0 radical (unpaired) electrons. The molecule has 1 N–H and O–H groups in total. The second kappa shape index (κ2) is 2.97. The Labute approximate surface area is 69.8 Å². The molecule has 0 aromatic heterocycles. The van der Waals surface area contributed by atoms with Crippen LogP contribution in [0.5, 0.6) is 0 Å². The van der Waals surface area contributed by atoms with E-state index in [1.54, 1.807) is 6.92 Å². The zero-order valence-corrected chi connectivity index (χ0v) is 6.74. The molecule has 0 aromatic rings. The summed E-state index contributed by atoms with van der Waals surface area (Å²) in [5.41, 5.74) is 0.0503. The summed E-state index contributed by atoms with van der Waals surface area (Å²) >= 11 is 0. The van der Waals surface area contributed by atoms with Gasteiger partial charge in [0.15, 0.2) is 0 Å². The van der Waals surface area contributed by atoms with Crippen LogP contribution in [-0.2, 0) is 14.3 Å². The first-order valence-electron chi connectivity index (χ1n) is 3.70. The minimum Gasteiger partial charge on any atom is -0.481 e. The molecule has 1 aliphatic heterocycles. The van der Waals surface area contributed by atoms with E-state index in [0.717, 1.165) is 0 Å². The van der Waals surface area contributed by atoms with Crippen LogP contribution in [0.3, 0.4) is 0 Å². The fourth-order valence-corrected chi connectivity index (χ4v) is 1.26. The van der Waals surface area contributed by atoms with Gasteiger partial charge in [0.25, 0.3) is 0 Å². The molecule has 0 aromatic carbocycles. The van der Waals surface area contributed by atoms with Crippen molar-refractivity contribution in [1.82, 2.24) is 0 Å². The number of ether oxygens (including phenoxy) is 1. The molecule has 1 rings (SSSR count). The number of esters is 1. The lowest BCUT2D eigenvalue weighted by atomic mass is 9.96. The first-order chi connectivity index (χ1) is 5.57. The third kappa shape index (κ3) is 1.20. The number of cyclic esters (lactones) is 1. The van der Waals surface area contributed by atoms with Crippen molar-refractivity contribution in [1.29, 1.82) is 0 Å². The Morgan fingerprint density at radius 2 is 2.33 bits per heavy atom. The summed E-state index contributed by atoms with van der Waals surface area (Å²) in [6.45, 7) is 5.15. The predicted octanol–water partition coefficient (Wildman–Crippen LogP) is 0.579. The van der Waals surface area contributed by atoms with Crippen molar-refractivity contribution in [2.75, 3.05) is 0 Å². The quantitative estimate of drug-likeness (QED) is 0.486. The molecule has 4 nitrogen and oxygen atoms in total. The van der Waals surface area contributed by atoms with Gasteiger partial charge in [-0.25, -0.2) is 4.79 Å². The molecule has 12 heavy (non-hydrogen) atoms. The first kappa shape index (κ1) is 8.77. The van der Waals surface area contributed by atoms with Crippen molar-refractivity contribution in [2.45, 2.75) is 19.4 Å². The molecule has 0 saturated carbocycles. The first-order valence-corrected chi connectivity index (χ1v) is 3.70. The van der Waals surface area contributed by atoms with Gasteiger partial charge in [0.05, 0.1) is 0 Å². The molecule has 66 valence electrons. The number of rotatable bonds is 2. The molecular weight excluding hydrogens is 160 g/mol. The van der Waals surface area contributed by atoms with E-state index in [2.05, 4.69) is 6.58 Å². The van der Waals surface area contributed by atoms with E-state index in [4.69, 9.17) is 9.84 Å². The monoisotopic (exact) mass is 170 g/mol. The Kier molecular flexibility index (Phi) is 2.17. The summed E-state index contributed by atoms with van der Waals surface area (Å²) in [7, 11) is 0. The van der Waals surface area contributed by atoms with Gasteiger partial charge in [-0.2, -0.15) is 0 Å². The Hall–Kier alpha value is -1.32. The van der Waals surface area contributed by atoms with Gasteiger partial charge in [0.1, 0.15) is 12.0 Å². The van der Waals surface area contributed by atoms with Gasteiger partial charge in [-0.05, 0) is 6.42 Å². The summed E-state index contributed by atoms with van der Waals surface area (Å²) < 4.78 is 4.78. The van der Waals surface area contributed by atoms with Crippen LogP contribution in [0.2, 0.25) is 0 Å². The van der Waals surface area contributed by atoms with E-state index in [9.17, 15) is 9.59 Å². The maximum atomic E-state index is 10.9. The van der Waals surface area contributed by atoms with Gasteiger partial charge < -0.3 is 9.84 Å². The van der Waals surface area contributed by atoms with E-state index < -0.39 is 24.0 Å². The van der Waals surface area contributed by atoms with Crippen LogP contribution in [0.4, 0.5) is 0 Å². The van der Waals surface area contributed by atoms with Crippen LogP contribution in [0, 0.1) is 5.92 Å². The average Bonchev–Trinajstić information content (AvgIpc) is 2.28. The number of hydrogen-bond donors (Lipinski definition) is 1. The van der Waals surface area contributed by atoms with Crippen molar-refractivity contribution in [3.8, 4) is 0 Å². The van der Waals surface area contributed by atoms with Crippen molar-refractivity contribution < 1.29 is 19.4 Å². The molecule has 4 heteroatoms. The van der Waals surface area contributed by atoms with Crippen LogP contribution < -0.4 is 0 Å². The number of aliphatic carboxylic acids is 1. The second-order valence-electron chi connectivity index (χ2n) is 2.69. The van der Waals surface area contributed by atoms with Gasteiger partial charge in [0.2, 0.25) is 0 Å². The molecule has 2 atom stereocenters. The highest BCUT2D eigenvalue weighted by Gasteiger charge is 2.42. The lowest BCUT2D eigenvalue weighted by Gasteiger charge is -2.10. The van der Waals surface area contributed by atoms with Crippen LogP contribution in [0.1, 0.15) is 13.3 Å². The van der Waals surface area contributed by atoms with E-state index in [1.807, 2.05) is 0 Å². The largest absolute Gasteiger partial charge is 0.481 e. The summed E-state index contributed by atoms with van der Waals surface area (Å²) in [5, 5.41) is 8.71. The van der Waals surface area contributed by atoms with E-state index in [1.165, 1.54) is 0 Å². The third-order valence-corrected chi connectivity index (χ3v) is 1.94. The molecule has 1 saturated heterocycles. The number of hydrogen-bond acceptors (Lipinski definition) is 3. The zero-order chi connectivity index (χ0) is 9.30.